The number of hydrogen-bond donors (Lipinski definition) is 0. The van der Waals surface area contributed by atoms with Crippen LogP contribution in [0.3, 0.4) is 0 Å². The third kappa shape index (κ3) is 3.90. The van der Waals surface area contributed by atoms with E-state index in [0.717, 1.165) is 43.8 Å². The van der Waals surface area contributed by atoms with Gasteiger partial charge in [0.25, 0.3) is 0 Å². The molecule has 4 aromatic rings. The second-order valence-electron chi connectivity index (χ2n) is 8.92. The van der Waals surface area contributed by atoms with E-state index in [0.29, 0.717) is 5.04 Å². The molecule has 6 rings (SSSR count). The molecular weight excluding hydrogens is 544 g/mol. The Labute approximate surface area is 228 Å². The van der Waals surface area contributed by atoms with Gasteiger partial charge in [0.15, 0.2) is 10.8 Å². The summed E-state index contributed by atoms with van der Waals surface area (Å²) in [6.07, 6.45) is 0. The number of thioether (sulfide) groups is 1. The van der Waals surface area contributed by atoms with Gasteiger partial charge in [-0.25, -0.2) is 10.0 Å². The van der Waals surface area contributed by atoms with Gasteiger partial charge in [-0.05, 0) is 54.6 Å². The summed E-state index contributed by atoms with van der Waals surface area (Å²) in [6, 6.07) is 34.7. The number of halogens is 1. The molecule has 7 heteroatoms. The van der Waals surface area contributed by atoms with Crippen molar-refractivity contribution >= 4 is 55.6 Å². The Hall–Kier alpha value is -3.68. The van der Waals surface area contributed by atoms with Crippen molar-refractivity contribution in [3.63, 3.8) is 0 Å². The molecule has 1 atom stereocenters. The minimum atomic E-state index is -0.941. The SMILES string of the molecule is CC(=O)C1=NN(c2ccccc2C)C2(S1)c1ccccc1C(c1ccc(Br)cc1)=NN2c1ccccc1. The molecule has 1 unspecified atom stereocenters. The molecular formula is C30H23BrN4OS. The highest BCUT2D eigenvalue weighted by Gasteiger charge is 2.56. The van der Waals surface area contributed by atoms with Crippen molar-refractivity contribution < 1.29 is 4.79 Å². The van der Waals surface area contributed by atoms with Crippen molar-refractivity contribution in [1.82, 2.24) is 0 Å². The van der Waals surface area contributed by atoms with Crippen molar-refractivity contribution in [2.24, 2.45) is 10.2 Å². The summed E-state index contributed by atoms with van der Waals surface area (Å²) in [7, 11) is 0. The number of ketones is 1. The predicted molar refractivity (Wildman–Crippen MR) is 156 cm³/mol. The molecule has 0 saturated carbocycles. The number of rotatable bonds is 4. The van der Waals surface area contributed by atoms with Crippen molar-refractivity contribution in [3.8, 4) is 0 Å². The Kier molecular flexibility index (Phi) is 5.97. The lowest BCUT2D eigenvalue weighted by Gasteiger charge is -2.47. The first kappa shape index (κ1) is 23.7. The lowest BCUT2D eigenvalue weighted by molar-refractivity contribution is -0.110. The maximum absolute atomic E-state index is 12.8. The van der Waals surface area contributed by atoms with Gasteiger partial charge in [0.2, 0.25) is 4.99 Å². The topological polar surface area (TPSA) is 48.3 Å². The predicted octanol–water partition coefficient (Wildman–Crippen LogP) is 7.30. The zero-order valence-electron chi connectivity index (χ0n) is 20.3. The van der Waals surface area contributed by atoms with Gasteiger partial charge in [0.05, 0.1) is 17.1 Å². The van der Waals surface area contributed by atoms with Crippen LogP contribution < -0.4 is 10.0 Å². The number of anilines is 2. The van der Waals surface area contributed by atoms with E-state index in [2.05, 4.69) is 53.2 Å². The maximum atomic E-state index is 12.8. The zero-order chi connectivity index (χ0) is 25.6. The molecule has 0 amide bonds. The molecule has 182 valence electrons. The summed E-state index contributed by atoms with van der Waals surface area (Å²) in [6.45, 7) is 3.63. The molecule has 5 nitrogen and oxygen atoms in total. The Morgan fingerprint density at radius 3 is 2.22 bits per heavy atom. The second kappa shape index (κ2) is 9.32. The molecule has 2 heterocycles. The summed E-state index contributed by atoms with van der Waals surface area (Å²) in [5, 5.41) is 14.7. The van der Waals surface area contributed by atoms with E-state index in [-0.39, 0.29) is 5.78 Å². The molecule has 0 N–H and O–H groups in total. The van der Waals surface area contributed by atoms with Crippen LogP contribution in [0, 0.1) is 6.92 Å². The number of carbonyl (C=O) groups excluding carboxylic acids is 1. The fourth-order valence-electron chi connectivity index (χ4n) is 4.75. The Balaban J connectivity index is 1.68. The molecule has 4 aromatic carbocycles. The van der Waals surface area contributed by atoms with Crippen LogP contribution in [0.2, 0.25) is 0 Å². The number of fused-ring (bicyclic) bond motifs is 2. The van der Waals surface area contributed by atoms with Gasteiger partial charge in [-0.2, -0.15) is 10.2 Å². The zero-order valence-corrected chi connectivity index (χ0v) is 22.7. The summed E-state index contributed by atoms with van der Waals surface area (Å²) < 4.78 is 1.01. The van der Waals surface area contributed by atoms with Crippen LogP contribution in [0.25, 0.3) is 0 Å². The van der Waals surface area contributed by atoms with Crippen LogP contribution in [0.4, 0.5) is 11.4 Å². The highest BCUT2D eigenvalue weighted by atomic mass is 79.9. The number of benzene rings is 4. The molecule has 37 heavy (non-hydrogen) atoms. The molecule has 0 aromatic heterocycles. The quantitative estimate of drug-likeness (QED) is 0.260. The fourth-order valence-corrected chi connectivity index (χ4v) is 6.30. The number of hydrogen-bond acceptors (Lipinski definition) is 6. The van der Waals surface area contributed by atoms with Gasteiger partial charge < -0.3 is 0 Å². The van der Waals surface area contributed by atoms with E-state index in [4.69, 9.17) is 10.2 Å². The minimum Gasteiger partial charge on any atom is -0.292 e. The van der Waals surface area contributed by atoms with Crippen LogP contribution in [-0.4, -0.2) is 16.5 Å². The summed E-state index contributed by atoms with van der Waals surface area (Å²) in [4.78, 5) is 11.8. The van der Waals surface area contributed by atoms with Crippen LogP contribution in [-0.2, 0) is 9.79 Å². The summed E-state index contributed by atoms with van der Waals surface area (Å²) in [5.74, 6) is -0.0753. The molecule has 0 bridgehead atoms. The highest BCUT2D eigenvalue weighted by molar-refractivity contribution is 9.10. The van der Waals surface area contributed by atoms with Crippen molar-refractivity contribution in [2.75, 3.05) is 10.0 Å². The molecule has 0 fully saturated rings. The third-order valence-electron chi connectivity index (χ3n) is 6.50. The summed E-state index contributed by atoms with van der Waals surface area (Å²) >= 11 is 4.99. The van der Waals surface area contributed by atoms with Crippen LogP contribution in [0.5, 0.6) is 0 Å². The molecule has 0 aliphatic carbocycles. The number of aryl methyl sites for hydroxylation is 1. The standard InChI is InChI=1S/C30H23BrN4OS/c1-20-10-6-9-15-27(20)35-30(37-29(33-35)21(2)36)26-14-8-7-13-25(26)28(22-16-18-23(31)19-17-22)32-34(30)24-11-4-3-5-12-24/h3-19H,1-2H3. The third-order valence-corrected chi connectivity index (χ3v) is 8.44. The Bertz CT molecular complexity index is 1570. The van der Waals surface area contributed by atoms with Gasteiger partial charge in [-0.3, -0.25) is 4.79 Å². The van der Waals surface area contributed by atoms with E-state index < -0.39 is 4.99 Å². The molecule has 2 aliphatic rings. The second-order valence-corrected chi connectivity index (χ2v) is 11.0. The first-order chi connectivity index (χ1) is 18.0. The van der Waals surface area contributed by atoms with E-state index in [9.17, 15) is 4.79 Å². The first-order valence-corrected chi connectivity index (χ1v) is 13.5. The van der Waals surface area contributed by atoms with Crippen LogP contribution in [0.15, 0.2) is 118 Å². The average Bonchev–Trinajstić information content (AvgIpc) is 3.31. The average molecular weight is 568 g/mol. The van der Waals surface area contributed by atoms with E-state index in [1.54, 1.807) is 6.92 Å². The lowest BCUT2D eigenvalue weighted by Crippen LogP contribution is -2.54. The minimum absolute atomic E-state index is 0.0753. The van der Waals surface area contributed by atoms with Crippen LogP contribution in [0.1, 0.15) is 29.2 Å². The maximum Gasteiger partial charge on any atom is 0.234 e. The lowest BCUT2D eigenvalue weighted by atomic mass is 9.93. The number of hydrazone groups is 2. The first-order valence-electron chi connectivity index (χ1n) is 11.9. The fraction of sp³-hybridized carbons (Fsp3) is 0.100. The van der Waals surface area contributed by atoms with Gasteiger partial charge in [-0.15, -0.1) is 0 Å². The van der Waals surface area contributed by atoms with E-state index in [1.165, 1.54) is 11.8 Å². The molecule has 2 aliphatic heterocycles. The monoisotopic (exact) mass is 566 g/mol. The molecule has 0 radical (unpaired) electrons. The van der Waals surface area contributed by atoms with Gasteiger partial charge in [0.1, 0.15) is 0 Å². The molecule has 0 saturated heterocycles. The normalized spacial score (nSPS) is 18.5. The summed E-state index contributed by atoms with van der Waals surface area (Å²) in [5.41, 5.74) is 6.76. The number of carbonyl (C=O) groups is 1. The van der Waals surface area contributed by atoms with Gasteiger partial charge in [0, 0.05) is 28.1 Å². The van der Waals surface area contributed by atoms with Gasteiger partial charge >= 0.3 is 0 Å². The highest BCUT2D eigenvalue weighted by Crippen LogP contribution is 2.55. The van der Waals surface area contributed by atoms with Crippen molar-refractivity contribution in [3.05, 3.63) is 130 Å². The number of para-hydroxylation sites is 2. The largest absolute Gasteiger partial charge is 0.292 e. The smallest absolute Gasteiger partial charge is 0.234 e. The van der Waals surface area contributed by atoms with E-state index in [1.807, 2.05) is 82.8 Å². The van der Waals surface area contributed by atoms with Crippen molar-refractivity contribution in [2.45, 2.75) is 18.8 Å². The Morgan fingerprint density at radius 2 is 1.49 bits per heavy atom. The van der Waals surface area contributed by atoms with E-state index >= 15 is 0 Å². The molecule has 1 spiro atoms. The van der Waals surface area contributed by atoms with Crippen LogP contribution >= 0.6 is 27.7 Å². The number of nitrogens with zero attached hydrogens (tertiary/aromatic N) is 4. The number of Topliss-reactive ketones (excluding diaryl/α,β-unsaturated/α-hetero) is 1. The van der Waals surface area contributed by atoms with Gasteiger partial charge in [-0.1, -0.05) is 88.7 Å². The Morgan fingerprint density at radius 1 is 0.811 bits per heavy atom. The van der Waals surface area contributed by atoms with Crippen molar-refractivity contribution in [1.29, 1.82) is 0 Å².